The van der Waals surface area contributed by atoms with Crippen molar-refractivity contribution in [3.63, 3.8) is 0 Å². The lowest BCUT2D eigenvalue weighted by Gasteiger charge is -2.24. The predicted octanol–water partition coefficient (Wildman–Crippen LogP) is 1.51. The Kier molecular flexibility index (Phi) is 3.41. The van der Waals surface area contributed by atoms with Gasteiger partial charge in [0.1, 0.15) is 11.5 Å². The first-order valence-corrected chi connectivity index (χ1v) is 5.74. The second-order valence-corrected chi connectivity index (χ2v) is 3.82. The molecular weight excluding hydrogens is 200 g/mol. The molecule has 0 aliphatic heterocycles. The van der Waals surface area contributed by atoms with E-state index in [0.717, 1.165) is 25.2 Å². The molecule has 0 aliphatic rings. The molecule has 0 fully saturated rings. The minimum atomic E-state index is 0.672. The number of hydrogen-bond donors (Lipinski definition) is 1. The van der Waals surface area contributed by atoms with E-state index in [2.05, 4.69) is 27.3 Å². The standard InChI is InChI=1S/C12H18N4/c1-2-8-15(9-6-13)12-5-3-4-11-14-7-10-16(11)12/h3-5,7,10H,2,6,8-9,13H2,1H3. The molecule has 0 atom stereocenters. The Labute approximate surface area is 95.7 Å². The molecule has 2 aromatic rings. The molecule has 4 nitrogen and oxygen atoms in total. The van der Waals surface area contributed by atoms with Gasteiger partial charge < -0.3 is 10.6 Å². The number of anilines is 1. The molecule has 86 valence electrons. The molecule has 0 saturated carbocycles. The van der Waals surface area contributed by atoms with Crippen LogP contribution in [-0.4, -0.2) is 29.0 Å². The third kappa shape index (κ3) is 2.02. The largest absolute Gasteiger partial charge is 0.356 e. The highest BCUT2D eigenvalue weighted by Gasteiger charge is 2.08. The first-order valence-electron chi connectivity index (χ1n) is 5.74. The predicted molar refractivity (Wildman–Crippen MR) is 66.8 cm³/mol. The van der Waals surface area contributed by atoms with Crippen molar-refractivity contribution in [2.45, 2.75) is 13.3 Å². The van der Waals surface area contributed by atoms with Crippen LogP contribution in [0.3, 0.4) is 0 Å². The summed E-state index contributed by atoms with van der Waals surface area (Å²) in [5.74, 6) is 1.17. The van der Waals surface area contributed by atoms with Crippen LogP contribution in [0.25, 0.3) is 5.65 Å². The molecule has 0 radical (unpaired) electrons. The number of nitrogens with two attached hydrogens (primary N) is 1. The summed E-state index contributed by atoms with van der Waals surface area (Å²) < 4.78 is 2.10. The fourth-order valence-electron chi connectivity index (χ4n) is 1.96. The average Bonchev–Trinajstić information content (AvgIpc) is 2.76. The molecule has 2 N–H and O–H groups in total. The van der Waals surface area contributed by atoms with Gasteiger partial charge in [-0.15, -0.1) is 0 Å². The molecule has 0 bridgehead atoms. The zero-order valence-corrected chi connectivity index (χ0v) is 9.63. The molecule has 16 heavy (non-hydrogen) atoms. The van der Waals surface area contributed by atoms with Crippen LogP contribution in [0.2, 0.25) is 0 Å². The zero-order chi connectivity index (χ0) is 11.4. The first kappa shape index (κ1) is 11.0. The summed E-state index contributed by atoms with van der Waals surface area (Å²) in [7, 11) is 0. The van der Waals surface area contributed by atoms with E-state index in [1.54, 1.807) is 0 Å². The van der Waals surface area contributed by atoms with Crippen LogP contribution >= 0.6 is 0 Å². The minimum Gasteiger partial charge on any atom is -0.356 e. The lowest BCUT2D eigenvalue weighted by Crippen LogP contribution is -2.31. The number of nitrogens with zero attached hydrogens (tertiary/aromatic N) is 3. The fourth-order valence-corrected chi connectivity index (χ4v) is 1.96. The van der Waals surface area contributed by atoms with E-state index in [1.807, 2.05) is 24.5 Å². The molecular formula is C12H18N4. The number of hydrogen-bond acceptors (Lipinski definition) is 3. The van der Waals surface area contributed by atoms with Gasteiger partial charge in [0, 0.05) is 32.0 Å². The van der Waals surface area contributed by atoms with Crippen molar-refractivity contribution < 1.29 is 0 Å². The maximum Gasteiger partial charge on any atom is 0.138 e. The molecule has 2 heterocycles. The average molecular weight is 218 g/mol. The lowest BCUT2D eigenvalue weighted by atomic mass is 10.3. The van der Waals surface area contributed by atoms with Gasteiger partial charge in [0.25, 0.3) is 0 Å². The summed E-state index contributed by atoms with van der Waals surface area (Å²) in [6.07, 6.45) is 4.93. The third-order valence-corrected chi connectivity index (χ3v) is 2.62. The van der Waals surface area contributed by atoms with Gasteiger partial charge in [0.05, 0.1) is 0 Å². The summed E-state index contributed by atoms with van der Waals surface area (Å²) in [6.45, 7) is 4.75. The second kappa shape index (κ2) is 4.99. The van der Waals surface area contributed by atoms with E-state index < -0.39 is 0 Å². The lowest BCUT2D eigenvalue weighted by molar-refractivity contribution is 0.745. The molecule has 2 rings (SSSR count). The van der Waals surface area contributed by atoms with Crippen LogP contribution in [0.5, 0.6) is 0 Å². The third-order valence-electron chi connectivity index (χ3n) is 2.62. The van der Waals surface area contributed by atoms with Crippen molar-refractivity contribution in [1.29, 1.82) is 0 Å². The van der Waals surface area contributed by atoms with Gasteiger partial charge in [-0.2, -0.15) is 0 Å². The SMILES string of the molecule is CCCN(CCN)c1cccc2nccn12. The van der Waals surface area contributed by atoms with Crippen LogP contribution < -0.4 is 10.6 Å². The van der Waals surface area contributed by atoms with Crippen molar-refractivity contribution in [2.75, 3.05) is 24.5 Å². The molecule has 0 saturated heterocycles. The molecule has 0 aromatic carbocycles. The molecule has 2 aromatic heterocycles. The number of pyridine rings is 1. The quantitative estimate of drug-likeness (QED) is 0.827. The van der Waals surface area contributed by atoms with E-state index in [9.17, 15) is 0 Å². The second-order valence-electron chi connectivity index (χ2n) is 3.82. The Hall–Kier alpha value is -1.55. The van der Waals surface area contributed by atoms with Crippen LogP contribution in [0.1, 0.15) is 13.3 Å². The number of rotatable bonds is 5. The van der Waals surface area contributed by atoms with Crippen LogP contribution in [0.4, 0.5) is 5.82 Å². The maximum absolute atomic E-state index is 5.65. The zero-order valence-electron chi connectivity index (χ0n) is 9.63. The van der Waals surface area contributed by atoms with E-state index in [1.165, 1.54) is 5.82 Å². The minimum absolute atomic E-state index is 0.672. The van der Waals surface area contributed by atoms with Crippen LogP contribution in [-0.2, 0) is 0 Å². The summed E-state index contributed by atoms with van der Waals surface area (Å²) >= 11 is 0. The van der Waals surface area contributed by atoms with E-state index >= 15 is 0 Å². The molecule has 4 heteroatoms. The number of fused-ring (bicyclic) bond motifs is 1. The molecule has 0 spiro atoms. The highest BCUT2D eigenvalue weighted by Crippen LogP contribution is 2.16. The molecule has 0 amide bonds. The Morgan fingerprint density at radius 3 is 3.00 bits per heavy atom. The van der Waals surface area contributed by atoms with Crippen molar-refractivity contribution in [2.24, 2.45) is 5.73 Å². The van der Waals surface area contributed by atoms with Gasteiger partial charge in [0.15, 0.2) is 0 Å². The van der Waals surface area contributed by atoms with Crippen LogP contribution in [0, 0.1) is 0 Å². The van der Waals surface area contributed by atoms with E-state index in [-0.39, 0.29) is 0 Å². The summed E-state index contributed by atoms with van der Waals surface area (Å²) in [5, 5.41) is 0. The maximum atomic E-state index is 5.65. The summed E-state index contributed by atoms with van der Waals surface area (Å²) in [6, 6.07) is 6.16. The van der Waals surface area contributed by atoms with E-state index in [0.29, 0.717) is 6.54 Å². The smallest absolute Gasteiger partial charge is 0.138 e. The normalized spacial score (nSPS) is 10.9. The monoisotopic (exact) mass is 218 g/mol. The van der Waals surface area contributed by atoms with Crippen molar-refractivity contribution in [3.8, 4) is 0 Å². The Morgan fingerprint density at radius 1 is 1.38 bits per heavy atom. The highest BCUT2D eigenvalue weighted by molar-refractivity contribution is 5.51. The highest BCUT2D eigenvalue weighted by atomic mass is 15.2. The van der Waals surface area contributed by atoms with Crippen molar-refractivity contribution in [3.05, 3.63) is 30.6 Å². The Bertz CT molecular complexity index is 443. The van der Waals surface area contributed by atoms with Crippen molar-refractivity contribution in [1.82, 2.24) is 9.38 Å². The summed E-state index contributed by atoms with van der Waals surface area (Å²) in [5.41, 5.74) is 6.63. The summed E-state index contributed by atoms with van der Waals surface area (Å²) in [4.78, 5) is 6.59. The Balaban J connectivity index is 2.38. The van der Waals surface area contributed by atoms with Crippen LogP contribution in [0.15, 0.2) is 30.6 Å². The van der Waals surface area contributed by atoms with Gasteiger partial charge in [-0.3, -0.25) is 4.40 Å². The molecule has 0 unspecified atom stereocenters. The Morgan fingerprint density at radius 2 is 2.25 bits per heavy atom. The molecule has 0 aliphatic carbocycles. The topological polar surface area (TPSA) is 46.6 Å². The van der Waals surface area contributed by atoms with Crippen molar-refractivity contribution >= 4 is 11.5 Å². The number of imidazole rings is 1. The van der Waals surface area contributed by atoms with Gasteiger partial charge in [-0.1, -0.05) is 13.0 Å². The van der Waals surface area contributed by atoms with Gasteiger partial charge in [0.2, 0.25) is 0 Å². The van der Waals surface area contributed by atoms with Gasteiger partial charge in [-0.25, -0.2) is 4.98 Å². The van der Waals surface area contributed by atoms with Gasteiger partial charge >= 0.3 is 0 Å². The number of aromatic nitrogens is 2. The fraction of sp³-hybridized carbons (Fsp3) is 0.417. The van der Waals surface area contributed by atoms with Gasteiger partial charge in [-0.05, 0) is 18.6 Å². The van der Waals surface area contributed by atoms with E-state index in [4.69, 9.17) is 5.73 Å². The first-order chi connectivity index (χ1) is 7.86.